The highest BCUT2D eigenvalue weighted by Crippen LogP contribution is 2.18. The molecule has 0 aromatic heterocycles. The fraction of sp³-hybridized carbons (Fsp3) is 0.429. The van der Waals surface area contributed by atoms with Crippen molar-refractivity contribution in [1.29, 1.82) is 0 Å². The second-order valence-corrected chi connectivity index (χ2v) is 6.14. The Balaban J connectivity index is 1.78. The van der Waals surface area contributed by atoms with E-state index in [4.69, 9.17) is 17.0 Å². The predicted octanol–water partition coefficient (Wildman–Crippen LogP) is 2.75. The van der Waals surface area contributed by atoms with Crippen molar-refractivity contribution < 1.29 is 9.53 Å². The topological polar surface area (TPSA) is 41.6 Å². The van der Waals surface area contributed by atoms with Crippen molar-refractivity contribution in [3.05, 3.63) is 24.3 Å². The molecule has 1 aliphatic rings. The van der Waals surface area contributed by atoms with E-state index in [0.717, 1.165) is 28.8 Å². The predicted molar refractivity (Wildman–Crippen MR) is 87.5 cm³/mol. The van der Waals surface area contributed by atoms with Crippen molar-refractivity contribution >= 4 is 39.9 Å². The second-order valence-electron chi connectivity index (χ2n) is 4.53. The van der Waals surface area contributed by atoms with Crippen LogP contribution >= 0.6 is 24.0 Å². The van der Waals surface area contributed by atoms with Gasteiger partial charge in [0.25, 0.3) is 0 Å². The minimum Gasteiger partial charge on any atom is -0.497 e. The van der Waals surface area contributed by atoms with Gasteiger partial charge < -0.3 is 15.0 Å². The van der Waals surface area contributed by atoms with E-state index in [-0.39, 0.29) is 5.91 Å². The number of hydrogen-bond acceptors (Lipinski definition) is 4. The maximum atomic E-state index is 11.9. The number of hydrogen-bond donors (Lipinski definition) is 1. The molecule has 0 atom stereocenters. The highest BCUT2D eigenvalue weighted by Gasteiger charge is 2.16. The molecule has 6 heteroatoms. The highest BCUT2D eigenvalue weighted by molar-refractivity contribution is 8.23. The summed E-state index contributed by atoms with van der Waals surface area (Å²) in [6.07, 6.45) is 2.38. The summed E-state index contributed by atoms with van der Waals surface area (Å²) in [6, 6.07) is 7.31. The average molecular weight is 310 g/mol. The molecule has 1 aliphatic heterocycles. The number of likely N-dealkylation sites (tertiary alicyclic amines) is 1. The Bertz CT molecular complexity index is 488. The number of carbonyl (C=O) groups excluding carboxylic acids is 1. The number of anilines is 1. The van der Waals surface area contributed by atoms with Crippen LogP contribution in [0.3, 0.4) is 0 Å². The number of carbonyl (C=O) groups is 1. The Morgan fingerprint density at radius 2 is 2.20 bits per heavy atom. The Kier molecular flexibility index (Phi) is 5.67. The number of thioether (sulfide) groups is 1. The van der Waals surface area contributed by atoms with Crippen LogP contribution in [0, 0.1) is 0 Å². The molecule has 1 N–H and O–H groups in total. The smallest absolute Gasteiger partial charge is 0.234 e. The lowest BCUT2D eigenvalue weighted by atomic mass is 10.3. The molecule has 1 amide bonds. The van der Waals surface area contributed by atoms with E-state index >= 15 is 0 Å². The highest BCUT2D eigenvalue weighted by atomic mass is 32.2. The average Bonchev–Trinajstić information content (AvgIpc) is 2.99. The molecule has 1 aromatic rings. The SMILES string of the molecule is COc1cccc(NC(=O)CSC(=S)N2CCCC2)c1. The molecule has 0 unspecified atom stereocenters. The standard InChI is InChI=1S/C14H18N2O2S2/c1-18-12-6-4-5-11(9-12)15-13(17)10-20-14(19)16-7-2-3-8-16/h4-6,9H,2-3,7-8,10H2,1H3,(H,15,17). The number of nitrogens with one attached hydrogen (secondary N) is 1. The minimum atomic E-state index is -0.0511. The maximum Gasteiger partial charge on any atom is 0.234 e. The van der Waals surface area contributed by atoms with Gasteiger partial charge in [-0.05, 0) is 25.0 Å². The van der Waals surface area contributed by atoms with E-state index in [1.807, 2.05) is 18.2 Å². The number of benzene rings is 1. The summed E-state index contributed by atoms with van der Waals surface area (Å²) in [5.41, 5.74) is 0.738. The first-order valence-electron chi connectivity index (χ1n) is 6.54. The fourth-order valence-electron chi connectivity index (χ4n) is 2.02. The zero-order chi connectivity index (χ0) is 14.4. The number of ether oxygens (including phenoxy) is 1. The Morgan fingerprint density at radius 1 is 1.45 bits per heavy atom. The van der Waals surface area contributed by atoms with Crippen LogP contribution in [-0.2, 0) is 4.79 Å². The van der Waals surface area contributed by atoms with Crippen molar-refractivity contribution in [3.63, 3.8) is 0 Å². The summed E-state index contributed by atoms with van der Waals surface area (Å²) in [5, 5.41) is 2.84. The Labute approximate surface area is 128 Å². The third kappa shape index (κ3) is 4.38. The molecule has 1 fully saturated rings. The van der Waals surface area contributed by atoms with Crippen molar-refractivity contribution in [2.75, 3.05) is 31.3 Å². The van der Waals surface area contributed by atoms with E-state index in [9.17, 15) is 4.79 Å². The Morgan fingerprint density at radius 3 is 2.90 bits per heavy atom. The van der Waals surface area contributed by atoms with E-state index in [2.05, 4.69) is 10.2 Å². The second kappa shape index (κ2) is 7.50. The molecule has 0 bridgehead atoms. The normalized spacial score (nSPS) is 14.2. The summed E-state index contributed by atoms with van der Waals surface area (Å²) < 4.78 is 5.94. The van der Waals surface area contributed by atoms with Crippen LogP contribution in [-0.4, -0.2) is 41.1 Å². The number of rotatable bonds is 4. The molecule has 0 aliphatic carbocycles. The van der Waals surface area contributed by atoms with Gasteiger partial charge in [0.05, 0.1) is 12.9 Å². The number of nitrogens with zero attached hydrogens (tertiary/aromatic N) is 1. The van der Waals surface area contributed by atoms with Crippen LogP contribution in [0.2, 0.25) is 0 Å². The van der Waals surface area contributed by atoms with Gasteiger partial charge in [-0.1, -0.05) is 30.0 Å². The van der Waals surface area contributed by atoms with Crippen molar-refractivity contribution in [2.45, 2.75) is 12.8 Å². The third-order valence-electron chi connectivity index (χ3n) is 3.04. The van der Waals surface area contributed by atoms with Crippen LogP contribution in [0.15, 0.2) is 24.3 Å². The van der Waals surface area contributed by atoms with Crippen molar-refractivity contribution in [3.8, 4) is 5.75 Å². The van der Waals surface area contributed by atoms with E-state index in [1.165, 1.54) is 24.6 Å². The van der Waals surface area contributed by atoms with Gasteiger partial charge in [-0.25, -0.2) is 0 Å². The molecular weight excluding hydrogens is 292 g/mol. The molecule has 0 radical (unpaired) electrons. The molecule has 20 heavy (non-hydrogen) atoms. The van der Waals surface area contributed by atoms with Crippen LogP contribution in [0.1, 0.15) is 12.8 Å². The minimum absolute atomic E-state index is 0.0511. The lowest BCUT2D eigenvalue weighted by Gasteiger charge is -2.17. The lowest BCUT2D eigenvalue weighted by molar-refractivity contribution is -0.113. The van der Waals surface area contributed by atoms with Crippen molar-refractivity contribution in [1.82, 2.24) is 4.90 Å². The summed E-state index contributed by atoms with van der Waals surface area (Å²) in [7, 11) is 1.60. The first kappa shape index (κ1) is 15.1. The molecule has 1 saturated heterocycles. The molecule has 0 saturated carbocycles. The molecular formula is C14H18N2O2S2. The number of methoxy groups -OCH3 is 1. The Hall–Kier alpha value is -1.27. The van der Waals surface area contributed by atoms with Gasteiger partial charge in [0.1, 0.15) is 10.1 Å². The van der Waals surface area contributed by atoms with E-state index in [0.29, 0.717) is 5.75 Å². The quantitative estimate of drug-likeness (QED) is 0.866. The van der Waals surface area contributed by atoms with Gasteiger partial charge in [0, 0.05) is 24.8 Å². The molecule has 1 aromatic carbocycles. The summed E-state index contributed by atoms with van der Waals surface area (Å²) in [4.78, 5) is 14.0. The van der Waals surface area contributed by atoms with Gasteiger partial charge in [-0.2, -0.15) is 0 Å². The molecule has 4 nitrogen and oxygen atoms in total. The van der Waals surface area contributed by atoms with Gasteiger partial charge in [0.2, 0.25) is 5.91 Å². The van der Waals surface area contributed by atoms with Crippen molar-refractivity contribution in [2.24, 2.45) is 0 Å². The zero-order valence-electron chi connectivity index (χ0n) is 11.4. The van der Waals surface area contributed by atoms with Gasteiger partial charge >= 0.3 is 0 Å². The zero-order valence-corrected chi connectivity index (χ0v) is 13.1. The monoisotopic (exact) mass is 310 g/mol. The number of thiocarbonyl (C=S) groups is 1. The largest absolute Gasteiger partial charge is 0.497 e. The summed E-state index contributed by atoms with van der Waals surface area (Å²) >= 11 is 6.75. The fourth-order valence-corrected chi connectivity index (χ4v) is 3.07. The van der Waals surface area contributed by atoms with E-state index in [1.54, 1.807) is 13.2 Å². The maximum absolute atomic E-state index is 11.9. The van der Waals surface area contributed by atoms with Crippen LogP contribution in [0.4, 0.5) is 5.69 Å². The molecule has 1 heterocycles. The summed E-state index contributed by atoms with van der Waals surface area (Å²) in [5.74, 6) is 1.01. The van der Waals surface area contributed by atoms with E-state index < -0.39 is 0 Å². The van der Waals surface area contributed by atoms with Crippen LogP contribution < -0.4 is 10.1 Å². The van der Waals surface area contributed by atoms with Gasteiger partial charge in [0.15, 0.2) is 0 Å². The van der Waals surface area contributed by atoms with Crippen LogP contribution in [0.25, 0.3) is 0 Å². The summed E-state index contributed by atoms with van der Waals surface area (Å²) in [6.45, 7) is 2.03. The van der Waals surface area contributed by atoms with Crippen LogP contribution in [0.5, 0.6) is 5.75 Å². The lowest BCUT2D eigenvalue weighted by Crippen LogP contribution is -2.25. The molecule has 2 rings (SSSR count). The first-order chi connectivity index (χ1) is 9.69. The molecule has 108 valence electrons. The first-order valence-corrected chi connectivity index (χ1v) is 7.94. The number of amides is 1. The van der Waals surface area contributed by atoms with Gasteiger partial charge in [-0.3, -0.25) is 4.79 Å². The van der Waals surface area contributed by atoms with Gasteiger partial charge in [-0.15, -0.1) is 0 Å². The molecule has 0 spiro atoms. The third-order valence-corrected chi connectivity index (χ3v) is 4.57.